The number of nitro groups is 1. The van der Waals surface area contributed by atoms with Crippen LogP contribution in [-0.4, -0.2) is 36.3 Å². The molecule has 2 aromatic carbocycles. The van der Waals surface area contributed by atoms with E-state index in [9.17, 15) is 25.1 Å². The molecule has 0 unspecified atom stereocenters. The third kappa shape index (κ3) is 4.94. The second kappa shape index (κ2) is 8.64. The number of aromatic nitrogens is 3. The summed E-state index contributed by atoms with van der Waals surface area (Å²) in [5.74, 6) is -1.23. The molecule has 148 valence electrons. The van der Waals surface area contributed by atoms with Crippen molar-refractivity contribution in [1.29, 1.82) is 0 Å². The molecule has 0 radical (unpaired) electrons. The van der Waals surface area contributed by atoms with Crippen LogP contribution in [0.4, 0.5) is 5.69 Å². The first-order valence-electron chi connectivity index (χ1n) is 7.72. The first-order chi connectivity index (χ1) is 13.7. The lowest BCUT2D eigenvalue weighted by Gasteiger charge is -2.04. The highest BCUT2D eigenvalue weighted by atomic mass is 79.9. The van der Waals surface area contributed by atoms with Gasteiger partial charge in [-0.25, -0.2) is 9.78 Å². The average molecular weight is 498 g/mol. The van der Waals surface area contributed by atoms with Gasteiger partial charge in [-0.05, 0) is 58.0 Å². The molecule has 3 N–H and O–H groups in total. The number of nitrogens with zero attached hydrogens (tertiary/aromatic N) is 3. The summed E-state index contributed by atoms with van der Waals surface area (Å²) in [7, 11) is 0. The molecule has 0 amide bonds. The lowest BCUT2D eigenvalue weighted by atomic mass is 10.1. The molecule has 1 heterocycles. The highest BCUT2D eigenvalue weighted by molar-refractivity contribution is 9.10. The molecule has 0 spiro atoms. The van der Waals surface area contributed by atoms with Crippen LogP contribution in [0.5, 0.6) is 5.75 Å². The van der Waals surface area contributed by atoms with Crippen molar-refractivity contribution in [3.63, 3.8) is 0 Å². The number of nitrogens with one attached hydrogen (secondary N) is 1. The van der Waals surface area contributed by atoms with Crippen LogP contribution in [0, 0.1) is 10.1 Å². The van der Waals surface area contributed by atoms with Gasteiger partial charge < -0.3 is 10.2 Å². The number of hydrogen-bond acceptors (Lipinski definition) is 7. The summed E-state index contributed by atoms with van der Waals surface area (Å²) in [5, 5.41) is 38.0. The van der Waals surface area contributed by atoms with Crippen LogP contribution >= 0.6 is 39.3 Å². The van der Waals surface area contributed by atoms with Crippen LogP contribution < -0.4 is 0 Å². The highest BCUT2D eigenvalue weighted by Crippen LogP contribution is 2.36. The molecular weight excluding hydrogens is 488 g/mol. The number of carboxylic acid groups (broad SMARTS) is 1. The minimum atomic E-state index is -1.31. The van der Waals surface area contributed by atoms with Gasteiger partial charge in [-0.15, -0.1) is 5.10 Å². The summed E-state index contributed by atoms with van der Waals surface area (Å²) in [5.41, 5.74) is 0.359. The normalized spacial score (nSPS) is 11.4. The first kappa shape index (κ1) is 20.8. The van der Waals surface area contributed by atoms with E-state index in [0.717, 1.165) is 30.0 Å². The standard InChI is InChI=1S/C17H10BrClN4O5S/c18-12-7-11(23(27)28)5-9(14(12)24)6-13(16(25)26)29-17-20-15(21-22-17)8-1-3-10(19)4-2-8/h1-7,24H,(H,25,26)(H,20,21,22)/b13-6-. The summed E-state index contributed by atoms with van der Waals surface area (Å²) in [6, 6.07) is 9.00. The van der Waals surface area contributed by atoms with Crippen LogP contribution in [-0.2, 0) is 4.79 Å². The van der Waals surface area contributed by atoms with E-state index in [1.807, 2.05) is 0 Å². The second-order valence-corrected chi connectivity index (χ2v) is 7.81. The van der Waals surface area contributed by atoms with Gasteiger partial charge in [0.15, 0.2) is 5.82 Å². The number of nitro benzene ring substituents is 1. The Hall–Kier alpha value is -2.89. The number of carboxylic acids is 1. The van der Waals surface area contributed by atoms with E-state index < -0.39 is 10.9 Å². The predicted molar refractivity (Wildman–Crippen MR) is 111 cm³/mol. The molecule has 0 saturated carbocycles. The van der Waals surface area contributed by atoms with E-state index in [2.05, 4.69) is 31.1 Å². The Balaban J connectivity index is 1.93. The molecule has 0 aliphatic rings. The SMILES string of the molecule is O=C(O)/C(=C/c1cc([N+](=O)[O-])cc(Br)c1O)Sc1n[nH]c(-c2ccc(Cl)cc2)n1. The summed E-state index contributed by atoms with van der Waals surface area (Å²) < 4.78 is 0.0654. The smallest absolute Gasteiger partial charge is 0.342 e. The zero-order chi connectivity index (χ0) is 21.1. The minimum absolute atomic E-state index is 0.0376. The summed E-state index contributed by atoms with van der Waals surface area (Å²) >= 11 is 9.59. The van der Waals surface area contributed by atoms with Crippen molar-refractivity contribution in [3.8, 4) is 17.1 Å². The molecule has 12 heteroatoms. The summed E-state index contributed by atoms with van der Waals surface area (Å²) in [6.07, 6.45) is 1.11. The number of rotatable bonds is 6. The van der Waals surface area contributed by atoms with E-state index in [1.54, 1.807) is 24.3 Å². The van der Waals surface area contributed by atoms with Gasteiger partial charge in [0.1, 0.15) is 10.7 Å². The number of thioether (sulfide) groups is 1. The van der Waals surface area contributed by atoms with E-state index in [1.165, 1.54) is 0 Å². The third-order valence-corrected chi connectivity index (χ3v) is 5.30. The van der Waals surface area contributed by atoms with Crippen molar-refractivity contribution >= 4 is 57.0 Å². The number of H-pyrrole nitrogens is 1. The Morgan fingerprint density at radius 2 is 2.00 bits per heavy atom. The Morgan fingerprint density at radius 1 is 1.31 bits per heavy atom. The number of aromatic amines is 1. The third-order valence-electron chi connectivity index (χ3n) is 3.57. The summed E-state index contributed by atoms with van der Waals surface area (Å²) in [4.78, 5) is 26.0. The van der Waals surface area contributed by atoms with Crippen LogP contribution in [0.1, 0.15) is 5.56 Å². The van der Waals surface area contributed by atoms with E-state index in [-0.39, 0.29) is 31.5 Å². The van der Waals surface area contributed by atoms with Crippen molar-refractivity contribution in [2.75, 3.05) is 0 Å². The molecule has 29 heavy (non-hydrogen) atoms. The maximum Gasteiger partial charge on any atom is 0.342 e. The van der Waals surface area contributed by atoms with Gasteiger partial charge >= 0.3 is 5.97 Å². The number of carbonyl (C=O) groups is 1. The Bertz CT molecular complexity index is 1130. The summed E-state index contributed by atoms with van der Waals surface area (Å²) in [6.45, 7) is 0. The molecule has 0 saturated heterocycles. The minimum Gasteiger partial charge on any atom is -0.506 e. The fourth-order valence-electron chi connectivity index (χ4n) is 2.22. The molecule has 3 aromatic rings. The van der Waals surface area contributed by atoms with Crippen molar-refractivity contribution in [2.45, 2.75) is 5.16 Å². The lowest BCUT2D eigenvalue weighted by molar-refractivity contribution is -0.385. The largest absolute Gasteiger partial charge is 0.506 e. The maximum atomic E-state index is 11.6. The number of aromatic hydroxyl groups is 1. The van der Waals surface area contributed by atoms with Gasteiger partial charge in [0.2, 0.25) is 5.16 Å². The van der Waals surface area contributed by atoms with Gasteiger partial charge in [-0.2, -0.15) is 0 Å². The van der Waals surface area contributed by atoms with Crippen molar-refractivity contribution < 1.29 is 19.9 Å². The zero-order valence-corrected chi connectivity index (χ0v) is 17.3. The Kier molecular flexibility index (Phi) is 6.20. The number of phenols is 1. The number of aliphatic carboxylic acids is 1. The number of non-ortho nitro benzene ring substituents is 1. The number of phenolic OH excluding ortho intramolecular Hbond substituents is 1. The van der Waals surface area contributed by atoms with Gasteiger partial charge in [-0.3, -0.25) is 15.2 Å². The quantitative estimate of drug-likeness (QED) is 0.192. The van der Waals surface area contributed by atoms with Gasteiger partial charge in [-0.1, -0.05) is 11.6 Å². The zero-order valence-electron chi connectivity index (χ0n) is 14.2. The highest BCUT2D eigenvalue weighted by Gasteiger charge is 2.18. The van der Waals surface area contributed by atoms with Gasteiger partial charge in [0.05, 0.1) is 9.40 Å². The molecule has 0 atom stereocenters. The van der Waals surface area contributed by atoms with E-state index in [4.69, 9.17) is 11.6 Å². The number of halogens is 2. The van der Waals surface area contributed by atoms with E-state index >= 15 is 0 Å². The van der Waals surface area contributed by atoms with Gasteiger partial charge in [0.25, 0.3) is 5.69 Å². The molecule has 0 bridgehead atoms. The molecule has 1 aromatic heterocycles. The van der Waals surface area contributed by atoms with Gasteiger partial charge in [0, 0.05) is 28.3 Å². The topological polar surface area (TPSA) is 142 Å². The lowest BCUT2D eigenvalue weighted by Crippen LogP contribution is -1.98. The van der Waals surface area contributed by atoms with E-state index in [0.29, 0.717) is 16.4 Å². The molecule has 0 fully saturated rings. The monoisotopic (exact) mass is 496 g/mol. The predicted octanol–water partition coefficient (Wildman–Crippen LogP) is 4.72. The molecule has 3 rings (SSSR count). The second-order valence-electron chi connectivity index (χ2n) is 5.51. The number of benzene rings is 2. The maximum absolute atomic E-state index is 11.6. The molecule has 0 aliphatic heterocycles. The van der Waals surface area contributed by atoms with Crippen LogP contribution in [0.3, 0.4) is 0 Å². The Labute approximate surface area is 180 Å². The van der Waals surface area contributed by atoms with Crippen molar-refractivity contribution in [2.24, 2.45) is 0 Å². The fraction of sp³-hybridized carbons (Fsp3) is 0. The van der Waals surface area contributed by atoms with Crippen LogP contribution in [0.2, 0.25) is 5.02 Å². The first-order valence-corrected chi connectivity index (χ1v) is 9.71. The number of hydrogen-bond donors (Lipinski definition) is 3. The van der Waals surface area contributed by atoms with Crippen molar-refractivity contribution in [1.82, 2.24) is 15.2 Å². The molecule has 9 nitrogen and oxygen atoms in total. The molecular formula is C17H10BrClN4O5S. The molecule has 0 aliphatic carbocycles. The Morgan fingerprint density at radius 3 is 2.62 bits per heavy atom. The average Bonchev–Trinajstić information content (AvgIpc) is 3.13. The van der Waals surface area contributed by atoms with Crippen molar-refractivity contribution in [3.05, 3.63) is 66.5 Å². The fourth-order valence-corrected chi connectivity index (χ4v) is 3.51. The van der Waals surface area contributed by atoms with Crippen LogP contribution in [0.25, 0.3) is 17.5 Å². The van der Waals surface area contributed by atoms with Crippen LogP contribution in [0.15, 0.2) is 50.9 Å².